The fourth-order valence-electron chi connectivity index (χ4n) is 7.73. The summed E-state index contributed by atoms with van der Waals surface area (Å²) in [5.41, 5.74) is 0. The molecule has 0 N–H and O–H groups in total. The minimum absolute atomic E-state index is 0.0812. The average molecular weight is 869 g/mol. The molecule has 0 radical (unpaired) electrons. The van der Waals surface area contributed by atoms with Crippen LogP contribution in [-0.2, 0) is 23.8 Å². The summed E-state index contributed by atoms with van der Waals surface area (Å²) < 4.78 is 17.4. The van der Waals surface area contributed by atoms with E-state index < -0.39 is 6.10 Å². The highest BCUT2D eigenvalue weighted by molar-refractivity contribution is 5.70. The first-order valence-electron chi connectivity index (χ1n) is 27.2. The Balaban J connectivity index is 4.22. The zero-order chi connectivity index (χ0) is 44.9. The molecule has 0 rings (SSSR count). The lowest BCUT2D eigenvalue weighted by Gasteiger charge is -2.18. The van der Waals surface area contributed by atoms with E-state index in [-0.39, 0.29) is 25.2 Å². The summed E-state index contributed by atoms with van der Waals surface area (Å²) in [5.74, 6) is -0.402. The first-order chi connectivity index (χ1) is 30.6. The zero-order valence-electron chi connectivity index (χ0n) is 41.6. The van der Waals surface area contributed by atoms with Gasteiger partial charge in [0.05, 0.1) is 6.61 Å². The molecule has 5 nitrogen and oxygen atoms in total. The van der Waals surface area contributed by atoms with Crippen molar-refractivity contribution in [3.05, 3.63) is 48.6 Å². The number of carbonyl (C=O) groups is 2. The van der Waals surface area contributed by atoms with E-state index in [1.54, 1.807) is 0 Å². The van der Waals surface area contributed by atoms with Crippen molar-refractivity contribution in [1.82, 2.24) is 0 Å². The largest absolute Gasteiger partial charge is 0.462 e. The van der Waals surface area contributed by atoms with Gasteiger partial charge < -0.3 is 14.2 Å². The summed E-state index contributed by atoms with van der Waals surface area (Å²) in [7, 11) is 0. The Labute approximate surface area is 386 Å². The van der Waals surface area contributed by atoms with Crippen LogP contribution in [0.3, 0.4) is 0 Å². The minimum Gasteiger partial charge on any atom is -0.462 e. The van der Waals surface area contributed by atoms with Gasteiger partial charge in [0, 0.05) is 19.4 Å². The fraction of sp³-hybridized carbons (Fsp3) is 0.825. The number of ether oxygens (including phenoxy) is 3. The maximum atomic E-state index is 12.8. The van der Waals surface area contributed by atoms with Crippen LogP contribution < -0.4 is 0 Å². The molecule has 0 bridgehead atoms. The molecule has 0 saturated carbocycles. The molecule has 62 heavy (non-hydrogen) atoms. The maximum Gasteiger partial charge on any atom is 0.306 e. The van der Waals surface area contributed by atoms with E-state index in [2.05, 4.69) is 69.4 Å². The first kappa shape index (κ1) is 59.9. The molecule has 0 aliphatic rings. The van der Waals surface area contributed by atoms with E-state index in [1.807, 2.05) is 0 Å². The van der Waals surface area contributed by atoms with Crippen LogP contribution in [0.2, 0.25) is 0 Å². The number of hydrogen-bond acceptors (Lipinski definition) is 5. The Morgan fingerprint density at radius 2 is 0.694 bits per heavy atom. The van der Waals surface area contributed by atoms with Gasteiger partial charge in [0.2, 0.25) is 0 Å². The highest BCUT2D eigenvalue weighted by Gasteiger charge is 2.17. The van der Waals surface area contributed by atoms with Crippen LogP contribution in [-0.4, -0.2) is 37.9 Å². The summed E-state index contributed by atoms with van der Waals surface area (Å²) >= 11 is 0. The van der Waals surface area contributed by atoms with E-state index >= 15 is 0 Å². The van der Waals surface area contributed by atoms with E-state index in [1.165, 1.54) is 180 Å². The molecule has 0 heterocycles. The van der Waals surface area contributed by atoms with Gasteiger partial charge in [-0.25, -0.2) is 0 Å². The Kier molecular flexibility index (Phi) is 51.4. The Bertz CT molecular complexity index is 1030. The molecule has 5 heteroatoms. The van der Waals surface area contributed by atoms with Crippen molar-refractivity contribution >= 4 is 11.9 Å². The van der Waals surface area contributed by atoms with Gasteiger partial charge in [0.15, 0.2) is 6.10 Å². The molecule has 0 aromatic carbocycles. The molecular formula is C57H104O5. The van der Waals surface area contributed by atoms with Gasteiger partial charge in [0.1, 0.15) is 6.61 Å². The smallest absolute Gasteiger partial charge is 0.306 e. The van der Waals surface area contributed by atoms with Crippen LogP contribution >= 0.6 is 0 Å². The van der Waals surface area contributed by atoms with Crippen molar-refractivity contribution in [2.75, 3.05) is 19.8 Å². The molecule has 0 fully saturated rings. The average Bonchev–Trinajstić information content (AvgIpc) is 3.27. The van der Waals surface area contributed by atoms with E-state index in [0.29, 0.717) is 19.4 Å². The quantitative estimate of drug-likeness (QED) is 0.0346. The van der Waals surface area contributed by atoms with Crippen molar-refractivity contribution in [3.63, 3.8) is 0 Å². The van der Waals surface area contributed by atoms with Crippen molar-refractivity contribution in [2.45, 2.75) is 284 Å². The number of unbranched alkanes of at least 4 members (excludes halogenated alkanes) is 31. The molecule has 0 aromatic rings. The van der Waals surface area contributed by atoms with E-state index in [0.717, 1.165) is 64.2 Å². The SMILES string of the molecule is CCCC/C=C\CCCCCCCC(=O)OC(COCCCCCCCCC/C=C\C/C=C\C/C=C\CCCCC)COC(=O)CCCCCCCCCCCCCCCCC. The number of carbonyl (C=O) groups excluding carboxylic acids is 2. The lowest BCUT2D eigenvalue weighted by atomic mass is 10.0. The molecule has 0 amide bonds. The molecule has 1 atom stereocenters. The molecule has 362 valence electrons. The van der Waals surface area contributed by atoms with Crippen molar-refractivity contribution < 1.29 is 23.8 Å². The van der Waals surface area contributed by atoms with Crippen molar-refractivity contribution in [2.24, 2.45) is 0 Å². The van der Waals surface area contributed by atoms with Crippen LogP contribution in [0, 0.1) is 0 Å². The monoisotopic (exact) mass is 869 g/mol. The summed E-state index contributed by atoms with van der Waals surface area (Å²) in [6.45, 7) is 7.77. The Hall–Kier alpha value is -2.14. The maximum absolute atomic E-state index is 12.8. The van der Waals surface area contributed by atoms with E-state index in [9.17, 15) is 9.59 Å². The lowest BCUT2D eigenvalue weighted by molar-refractivity contribution is -0.163. The van der Waals surface area contributed by atoms with Gasteiger partial charge >= 0.3 is 11.9 Å². The molecule has 0 saturated heterocycles. The lowest BCUT2D eigenvalue weighted by Crippen LogP contribution is -2.30. The summed E-state index contributed by atoms with van der Waals surface area (Å²) in [6, 6.07) is 0. The topological polar surface area (TPSA) is 61.8 Å². The summed E-state index contributed by atoms with van der Waals surface area (Å²) in [4.78, 5) is 25.4. The Morgan fingerprint density at radius 1 is 0.355 bits per heavy atom. The number of rotatable bonds is 50. The third-order valence-electron chi connectivity index (χ3n) is 11.8. The summed E-state index contributed by atoms with van der Waals surface area (Å²) in [6.07, 6.45) is 65.5. The Morgan fingerprint density at radius 3 is 1.18 bits per heavy atom. The third-order valence-corrected chi connectivity index (χ3v) is 11.8. The van der Waals surface area contributed by atoms with Gasteiger partial charge in [-0.05, 0) is 77.0 Å². The molecule has 1 unspecified atom stereocenters. The van der Waals surface area contributed by atoms with Gasteiger partial charge in [-0.15, -0.1) is 0 Å². The van der Waals surface area contributed by atoms with Crippen molar-refractivity contribution in [3.8, 4) is 0 Å². The van der Waals surface area contributed by atoms with Crippen LogP contribution in [0.15, 0.2) is 48.6 Å². The van der Waals surface area contributed by atoms with E-state index in [4.69, 9.17) is 14.2 Å². The molecule has 0 aromatic heterocycles. The van der Waals surface area contributed by atoms with Gasteiger partial charge in [-0.3, -0.25) is 9.59 Å². The second kappa shape index (κ2) is 53.2. The molecule has 0 spiro atoms. The van der Waals surface area contributed by atoms with Crippen LogP contribution in [0.5, 0.6) is 0 Å². The predicted molar refractivity (Wildman–Crippen MR) is 270 cm³/mol. The predicted octanol–water partition coefficient (Wildman–Crippen LogP) is 18.3. The fourth-order valence-corrected chi connectivity index (χ4v) is 7.73. The van der Waals surface area contributed by atoms with Gasteiger partial charge in [0.25, 0.3) is 0 Å². The molecular weight excluding hydrogens is 765 g/mol. The van der Waals surface area contributed by atoms with Gasteiger partial charge in [-0.2, -0.15) is 0 Å². The van der Waals surface area contributed by atoms with Crippen LogP contribution in [0.1, 0.15) is 278 Å². The summed E-state index contributed by atoms with van der Waals surface area (Å²) in [5, 5.41) is 0. The number of hydrogen-bond donors (Lipinski definition) is 0. The van der Waals surface area contributed by atoms with Crippen molar-refractivity contribution in [1.29, 1.82) is 0 Å². The highest BCUT2D eigenvalue weighted by Crippen LogP contribution is 2.15. The number of allylic oxidation sites excluding steroid dienone is 8. The minimum atomic E-state index is -0.542. The second-order valence-corrected chi connectivity index (χ2v) is 18.1. The van der Waals surface area contributed by atoms with Crippen LogP contribution in [0.25, 0.3) is 0 Å². The van der Waals surface area contributed by atoms with Crippen LogP contribution in [0.4, 0.5) is 0 Å². The third kappa shape index (κ3) is 50.5. The first-order valence-corrected chi connectivity index (χ1v) is 27.2. The highest BCUT2D eigenvalue weighted by atomic mass is 16.6. The normalized spacial score (nSPS) is 12.5. The molecule has 0 aliphatic heterocycles. The zero-order valence-corrected chi connectivity index (χ0v) is 41.6. The standard InChI is InChI=1S/C57H104O5/c1-4-7-10-13-16-19-22-24-26-27-28-29-30-32-34-37-40-43-46-49-52-60-53-55(62-57(59)51-48-45-42-39-35-21-18-15-12-9-6-3)54-61-56(58)50-47-44-41-38-36-33-31-25-23-20-17-14-11-8-5-2/h15-16,18-19,24,26,28-29,55H,4-14,17,20-23,25,27,30-54H2,1-3H3/b18-15-,19-16-,26-24-,29-28-. The number of esters is 2. The second-order valence-electron chi connectivity index (χ2n) is 18.1. The molecule has 0 aliphatic carbocycles. The van der Waals surface area contributed by atoms with Gasteiger partial charge in [-0.1, -0.05) is 236 Å².